The van der Waals surface area contributed by atoms with E-state index in [1.54, 1.807) is 0 Å². The summed E-state index contributed by atoms with van der Waals surface area (Å²) in [5.74, 6) is 1.10. The Kier molecular flexibility index (Phi) is 5.21. The van der Waals surface area contributed by atoms with Crippen molar-refractivity contribution in [1.82, 2.24) is 14.6 Å². The second-order valence-electron chi connectivity index (χ2n) is 7.49. The molecule has 0 aliphatic rings. The minimum Gasteiger partial charge on any atom is -0.387 e. The predicted molar refractivity (Wildman–Crippen MR) is 105 cm³/mol. The summed E-state index contributed by atoms with van der Waals surface area (Å²) in [6.07, 6.45) is 0.196. The van der Waals surface area contributed by atoms with E-state index in [2.05, 4.69) is 49.7 Å². The summed E-state index contributed by atoms with van der Waals surface area (Å²) in [6, 6.07) is 8.24. The third-order valence-electron chi connectivity index (χ3n) is 4.90. The molecule has 1 unspecified atom stereocenters. The summed E-state index contributed by atoms with van der Waals surface area (Å²) in [5.41, 5.74) is 5.05. The molecular formula is C21H29N3O2. The highest BCUT2D eigenvalue weighted by atomic mass is 16.5. The number of aliphatic hydroxyl groups is 1. The zero-order chi connectivity index (χ0) is 19.0. The van der Waals surface area contributed by atoms with Crippen LogP contribution in [0, 0.1) is 0 Å². The zero-order valence-corrected chi connectivity index (χ0v) is 16.6. The molecule has 0 aliphatic heterocycles. The largest absolute Gasteiger partial charge is 0.387 e. The SMILES string of the molecule is CCc1noc(C(C)C)c1-c1c(C(O)CN(C)C)c2ccccc2n1C. The van der Waals surface area contributed by atoms with E-state index >= 15 is 0 Å². The summed E-state index contributed by atoms with van der Waals surface area (Å²) in [4.78, 5) is 2.01. The van der Waals surface area contributed by atoms with Gasteiger partial charge in [-0.2, -0.15) is 0 Å². The van der Waals surface area contributed by atoms with Crippen LogP contribution >= 0.6 is 0 Å². The fraction of sp³-hybridized carbons (Fsp3) is 0.476. The number of rotatable bonds is 6. The Balaban J connectivity index is 2.36. The van der Waals surface area contributed by atoms with Crippen molar-refractivity contribution in [2.75, 3.05) is 20.6 Å². The molecule has 1 N–H and O–H groups in total. The molecule has 3 rings (SSSR count). The average molecular weight is 355 g/mol. The number of fused-ring (bicyclic) bond motifs is 1. The lowest BCUT2D eigenvalue weighted by molar-refractivity contribution is 0.140. The Labute approximate surface area is 155 Å². The molecule has 2 heterocycles. The lowest BCUT2D eigenvalue weighted by Crippen LogP contribution is -2.20. The van der Waals surface area contributed by atoms with Crippen molar-refractivity contribution < 1.29 is 9.63 Å². The van der Waals surface area contributed by atoms with Crippen LogP contribution in [0.4, 0.5) is 0 Å². The number of likely N-dealkylation sites (N-methyl/N-ethyl adjacent to an activating group) is 1. The fourth-order valence-corrected chi connectivity index (χ4v) is 3.73. The van der Waals surface area contributed by atoms with Gasteiger partial charge < -0.3 is 19.1 Å². The second kappa shape index (κ2) is 7.25. The molecule has 0 spiro atoms. The Bertz CT molecular complexity index is 906. The predicted octanol–water partition coefficient (Wildman–Crippen LogP) is 4.11. The van der Waals surface area contributed by atoms with Gasteiger partial charge >= 0.3 is 0 Å². The van der Waals surface area contributed by atoms with E-state index in [9.17, 15) is 5.11 Å². The van der Waals surface area contributed by atoms with Gasteiger partial charge in [-0.15, -0.1) is 0 Å². The van der Waals surface area contributed by atoms with Gasteiger partial charge in [-0.1, -0.05) is 44.1 Å². The number of para-hydroxylation sites is 1. The van der Waals surface area contributed by atoms with Crippen LogP contribution in [0.25, 0.3) is 22.2 Å². The smallest absolute Gasteiger partial charge is 0.148 e. The standard InChI is InChI=1S/C21H29N3O2/c1-7-15-19(21(13(2)3)26-22-15)20-18(17(25)12-23(4)5)14-10-8-9-11-16(14)24(20)6/h8-11,13,17,25H,7,12H2,1-6H3. The van der Waals surface area contributed by atoms with Crippen molar-refractivity contribution >= 4 is 10.9 Å². The van der Waals surface area contributed by atoms with E-state index in [1.807, 2.05) is 31.1 Å². The Morgan fingerprint density at radius 2 is 1.92 bits per heavy atom. The number of hydrogen-bond donors (Lipinski definition) is 1. The Morgan fingerprint density at radius 3 is 2.54 bits per heavy atom. The highest BCUT2D eigenvalue weighted by Crippen LogP contribution is 2.41. The summed E-state index contributed by atoms with van der Waals surface area (Å²) in [6.45, 7) is 6.87. The van der Waals surface area contributed by atoms with Gasteiger partial charge in [-0.05, 0) is 26.6 Å². The molecule has 5 nitrogen and oxygen atoms in total. The van der Waals surface area contributed by atoms with Crippen molar-refractivity contribution in [3.63, 3.8) is 0 Å². The van der Waals surface area contributed by atoms with Gasteiger partial charge in [0.25, 0.3) is 0 Å². The van der Waals surface area contributed by atoms with Gasteiger partial charge in [-0.3, -0.25) is 0 Å². The Morgan fingerprint density at radius 1 is 1.23 bits per heavy atom. The quantitative estimate of drug-likeness (QED) is 0.723. The van der Waals surface area contributed by atoms with E-state index in [4.69, 9.17) is 4.52 Å². The minimum atomic E-state index is -0.592. The first-order valence-electron chi connectivity index (χ1n) is 9.25. The number of benzene rings is 1. The molecule has 0 radical (unpaired) electrons. The summed E-state index contributed by atoms with van der Waals surface area (Å²) in [7, 11) is 6.01. The first kappa shape index (κ1) is 18.7. The van der Waals surface area contributed by atoms with E-state index in [0.717, 1.165) is 45.6 Å². The van der Waals surface area contributed by atoms with Crippen LogP contribution < -0.4 is 0 Å². The maximum atomic E-state index is 11.1. The van der Waals surface area contributed by atoms with Crippen molar-refractivity contribution in [2.45, 2.75) is 39.2 Å². The summed E-state index contributed by atoms with van der Waals surface area (Å²) < 4.78 is 7.88. The van der Waals surface area contributed by atoms with E-state index in [-0.39, 0.29) is 5.92 Å². The van der Waals surface area contributed by atoms with Crippen LogP contribution in [-0.4, -0.2) is 40.4 Å². The van der Waals surface area contributed by atoms with Crippen LogP contribution in [-0.2, 0) is 13.5 Å². The third-order valence-corrected chi connectivity index (χ3v) is 4.90. The molecule has 0 saturated heterocycles. The molecule has 0 amide bonds. The van der Waals surface area contributed by atoms with E-state index in [0.29, 0.717) is 6.54 Å². The first-order chi connectivity index (χ1) is 12.4. The molecular weight excluding hydrogens is 326 g/mol. The van der Waals surface area contributed by atoms with Crippen LogP contribution in [0.5, 0.6) is 0 Å². The summed E-state index contributed by atoms with van der Waals surface area (Å²) >= 11 is 0. The Hall–Kier alpha value is -2.11. The molecule has 1 atom stereocenters. The molecule has 3 aromatic rings. The molecule has 0 fully saturated rings. The highest BCUT2D eigenvalue weighted by molar-refractivity contribution is 5.93. The monoisotopic (exact) mass is 355 g/mol. The highest BCUT2D eigenvalue weighted by Gasteiger charge is 2.29. The van der Waals surface area contributed by atoms with Crippen molar-refractivity contribution in [1.29, 1.82) is 0 Å². The average Bonchev–Trinajstić information content (AvgIpc) is 3.13. The normalized spacial score (nSPS) is 13.3. The van der Waals surface area contributed by atoms with Crippen LogP contribution in [0.15, 0.2) is 28.8 Å². The molecule has 140 valence electrons. The second-order valence-corrected chi connectivity index (χ2v) is 7.49. The van der Waals surface area contributed by atoms with Gasteiger partial charge in [0.2, 0.25) is 0 Å². The number of nitrogens with zero attached hydrogens (tertiary/aromatic N) is 3. The molecule has 0 saturated carbocycles. The topological polar surface area (TPSA) is 54.4 Å². The van der Waals surface area contributed by atoms with Crippen LogP contribution in [0.3, 0.4) is 0 Å². The van der Waals surface area contributed by atoms with Gasteiger partial charge in [0.15, 0.2) is 0 Å². The number of hydrogen-bond acceptors (Lipinski definition) is 4. The molecule has 1 aromatic carbocycles. The maximum Gasteiger partial charge on any atom is 0.148 e. The van der Waals surface area contributed by atoms with E-state index < -0.39 is 6.10 Å². The molecule has 5 heteroatoms. The van der Waals surface area contributed by atoms with Gasteiger partial charge in [0, 0.05) is 36.0 Å². The lowest BCUT2D eigenvalue weighted by Gasteiger charge is -2.18. The third kappa shape index (κ3) is 3.06. The first-order valence-corrected chi connectivity index (χ1v) is 9.25. The molecule has 0 aliphatic carbocycles. The van der Waals surface area contributed by atoms with Crippen LogP contribution in [0.2, 0.25) is 0 Å². The minimum absolute atomic E-state index is 0.217. The van der Waals surface area contributed by atoms with Gasteiger partial charge in [-0.25, -0.2) is 0 Å². The van der Waals surface area contributed by atoms with Crippen molar-refractivity contribution in [3.8, 4) is 11.3 Å². The number of aryl methyl sites for hydroxylation is 2. The van der Waals surface area contributed by atoms with Gasteiger partial charge in [0.05, 0.1) is 23.1 Å². The molecule has 26 heavy (non-hydrogen) atoms. The summed E-state index contributed by atoms with van der Waals surface area (Å²) in [5, 5.41) is 16.5. The van der Waals surface area contributed by atoms with Crippen molar-refractivity contribution in [2.24, 2.45) is 7.05 Å². The van der Waals surface area contributed by atoms with Crippen molar-refractivity contribution in [3.05, 3.63) is 41.3 Å². The van der Waals surface area contributed by atoms with E-state index in [1.165, 1.54) is 0 Å². The van der Waals surface area contributed by atoms with Crippen LogP contribution in [0.1, 0.15) is 49.8 Å². The maximum absolute atomic E-state index is 11.1. The molecule has 2 aromatic heterocycles. The zero-order valence-electron chi connectivity index (χ0n) is 16.6. The lowest BCUT2D eigenvalue weighted by atomic mass is 9.95. The molecule has 0 bridgehead atoms. The van der Waals surface area contributed by atoms with Gasteiger partial charge in [0.1, 0.15) is 5.76 Å². The number of aromatic nitrogens is 2. The fourth-order valence-electron chi connectivity index (χ4n) is 3.73. The number of aliphatic hydroxyl groups excluding tert-OH is 1.